The molecule has 2 nitrogen and oxygen atoms in total. The van der Waals surface area contributed by atoms with Crippen LogP contribution in [0.15, 0.2) is 231 Å². The molecule has 62 heavy (non-hydrogen) atoms. The van der Waals surface area contributed by atoms with Gasteiger partial charge < -0.3 is 0 Å². The van der Waals surface area contributed by atoms with E-state index in [0.29, 0.717) is 5.82 Å². The Labute approximate surface area is 365 Å². The first-order valence-electron chi connectivity index (χ1n) is 21.1. The van der Waals surface area contributed by atoms with Gasteiger partial charge in [0.05, 0.1) is 16.8 Å². The van der Waals surface area contributed by atoms with Crippen LogP contribution < -0.4 is 0 Å². The predicted octanol–water partition coefficient (Wildman–Crippen LogP) is 15.5. The van der Waals surface area contributed by atoms with Crippen LogP contribution in [-0.2, 0) is 5.41 Å². The third-order valence-corrected chi connectivity index (χ3v) is 13.7. The van der Waals surface area contributed by atoms with Crippen LogP contribution in [0.3, 0.4) is 0 Å². The van der Waals surface area contributed by atoms with Gasteiger partial charge in [0.1, 0.15) is 0 Å². The summed E-state index contributed by atoms with van der Waals surface area (Å²) in [6.45, 7) is 0. The summed E-state index contributed by atoms with van der Waals surface area (Å²) in [4.78, 5) is 10.6. The molecule has 0 amide bonds. The second kappa shape index (κ2) is 14.8. The Morgan fingerprint density at radius 1 is 0.323 bits per heavy atom. The fourth-order valence-corrected chi connectivity index (χ4v) is 11.0. The molecule has 290 valence electrons. The topological polar surface area (TPSA) is 25.8 Å². The predicted molar refractivity (Wildman–Crippen MR) is 259 cm³/mol. The fourth-order valence-electron chi connectivity index (χ4n) is 9.87. The number of thiophene rings is 1. The van der Waals surface area contributed by atoms with Crippen LogP contribution in [-0.4, -0.2) is 9.97 Å². The van der Waals surface area contributed by atoms with Gasteiger partial charge in [-0.2, -0.15) is 0 Å². The highest BCUT2D eigenvalue weighted by molar-refractivity contribution is 7.25. The molecule has 0 atom stereocenters. The highest BCUT2D eigenvalue weighted by Crippen LogP contribution is 2.56. The van der Waals surface area contributed by atoms with E-state index >= 15 is 0 Å². The largest absolute Gasteiger partial charge is 0.228 e. The number of hydrogen-bond donors (Lipinski definition) is 0. The molecule has 1 aliphatic rings. The van der Waals surface area contributed by atoms with E-state index in [1.165, 1.54) is 59.1 Å². The van der Waals surface area contributed by atoms with E-state index < -0.39 is 5.41 Å². The van der Waals surface area contributed by atoms with E-state index in [0.717, 1.165) is 44.8 Å². The number of rotatable bonds is 7. The summed E-state index contributed by atoms with van der Waals surface area (Å²) in [6.07, 6.45) is 0. The van der Waals surface area contributed by atoms with Crippen LogP contribution in [0.25, 0.3) is 87.5 Å². The molecule has 0 radical (unpaired) electrons. The molecule has 0 spiro atoms. The van der Waals surface area contributed by atoms with Gasteiger partial charge in [-0.05, 0) is 86.0 Å². The molecular weight excluding hydrogens is 769 g/mol. The maximum atomic E-state index is 5.32. The SMILES string of the molecule is c1ccc(-c2nc(-c3cccc(-c4ccc5c(c4)C(c4ccccc4)(c4ccccc4)c4ccccc4-5)c3)cc(-c3ccccc3-c3cccc4sc5ccccc5c34)n2)cc1. The summed E-state index contributed by atoms with van der Waals surface area (Å²) in [5, 5.41) is 2.56. The Morgan fingerprint density at radius 2 is 0.871 bits per heavy atom. The molecule has 0 saturated carbocycles. The Morgan fingerprint density at radius 3 is 1.66 bits per heavy atom. The quantitative estimate of drug-likeness (QED) is 0.160. The van der Waals surface area contributed by atoms with Crippen LogP contribution in [0, 0.1) is 0 Å². The number of hydrogen-bond acceptors (Lipinski definition) is 3. The van der Waals surface area contributed by atoms with Gasteiger partial charge in [-0.1, -0.05) is 200 Å². The van der Waals surface area contributed by atoms with E-state index in [4.69, 9.17) is 9.97 Å². The standard InChI is InChI=1S/C59H38N2S/c1-4-18-39(19-5-1)58-60-53(38-54(61-58)48-28-11-10-26-45(48)49-30-17-33-56-57(49)50-29-13-15-32-55(50)62-56)42-21-16-20-40(36-42)41-34-35-47-46-27-12-14-31-51(46)59(52(47)37-41,43-22-6-2-7-23-43)44-24-8-3-9-25-44/h1-38H. The van der Waals surface area contributed by atoms with E-state index in [1.54, 1.807) is 0 Å². The molecule has 0 unspecified atom stereocenters. The fraction of sp³-hybridized carbons (Fsp3) is 0.0169. The van der Waals surface area contributed by atoms with E-state index in [9.17, 15) is 0 Å². The lowest BCUT2D eigenvalue weighted by atomic mass is 9.67. The molecule has 0 bridgehead atoms. The lowest BCUT2D eigenvalue weighted by molar-refractivity contribution is 0.769. The van der Waals surface area contributed by atoms with Crippen molar-refractivity contribution in [3.63, 3.8) is 0 Å². The zero-order chi connectivity index (χ0) is 41.0. The number of nitrogens with zero attached hydrogens (tertiary/aromatic N) is 2. The molecule has 2 aromatic heterocycles. The molecule has 3 heteroatoms. The molecule has 2 heterocycles. The van der Waals surface area contributed by atoms with E-state index in [2.05, 4.69) is 224 Å². The van der Waals surface area contributed by atoms with Gasteiger partial charge in [0, 0.05) is 36.9 Å². The summed E-state index contributed by atoms with van der Waals surface area (Å²) in [5.74, 6) is 0.697. The third kappa shape index (κ3) is 5.78. The molecule has 0 N–H and O–H groups in total. The molecule has 0 aliphatic heterocycles. The first-order chi connectivity index (χ1) is 30.7. The van der Waals surface area contributed by atoms with E-state index in [-0.39, 0.29) is 0 Å². The molecule has 11 aromatic rings. The van der Waals surface area contributed by atoms with Gasteiger partial charge >= 0.3 is 0 Å². The third-order valence-electron chi connectivity index (χ3n) is 12.6. The van der Waals surface area contributed by atoms with Gasteiger partial charge in [0.25, 0.3) is 0 Å². The first kappa shape index (κ1) is 36.2. The van der Waals surface area contributed by atoms with Gasteiger partial charge in [-0.3, -0.25) is 0 Å². The Bertz CT molecular complexity index is 3420. The van der Waals surface area contributed by atoms with Crippen LogP contribution >= 0.6 is 11.3 Å². The Kier molecular flexibility index (Phi) is 8.62. The van der Waals surface area contributed by atoms with Crippen molar-refractivity contribution in [2.75, 3.05) is 0 Å². The summed E-state index contributed by atoms with van der Waals surface area (Å²) < 4.78 is 2.57. The first-order valence-corrected chi connectivity index (χ1v) is 22.0. The highest BCUT2D eigenvalue weighted by Gasteiger charge is 2.46. The Balaban J connectivity index is 1.03. The Hall–Kier alpha value is -7.72. The van der Waals surface area contributed by atoms with Crippen molar-refractivity contribution in [2.24, 2.45) is 0 Å². The summed E-state index contributed by atoms with van der Waals surface area (Å²) in [5.41, 5.74) is 16.7. The second-order valence-electron chi connectivity index (χ2n) is 16.0. The van der Waals surface area contributed by atoms with Crippen LogP contribution in [0.4, 0.5) is 0 Å². The van der Waals surface area contributed by atoms with E-state index in [1.807, 2.05) is 17.4 Å². The molecular formula is C59H38N2S. The zero-order valence-corrected chi connectivity index (χ0v) is 34.6. The zero-order valence-electron chi connectivity index (χ0n) is 33.7. The number of fused-ring (bicyclic) bond motifs is 6. The number of aromatic nitrogens is 2. The molecule has 1 aliphatic carbocycles. The minimum atomic E-state index is -0.471. The van der Waals surface area contributed by atoms with Crippen molar-refractivity contribution in [1.29, 1.82) is 0 Å². The maximum absolute atomic E-state index is 5.32. The highest BCUT2D eigenvalue weighted by atomic mass is 32.1. The molecule has 9 aromatic carbocycles. The average molecular weight is 807 g/mol. The summed E-state index contributed by atoms with van der Waals surface area (Å²) in [6, 6.07) is 83.4. The van der Waals surface area contributed by atoms with Crippen molar-refractivity contribution >= 4 is 31.5 Å². The summed E-state index contributed by atoms with van der Waals surface area (Å²) >= 11 is 1.85. The smallest absolute Gasteiger partial charge is 0.160 e. The minimum absolute atomic E-state index is 0.471. The lowest BCUT2D eigenvalue weighted by Crippen LogP contribution is -2.28. The van der Waals surface area contributed by atoms with Crippen molar-refractivity contribution in [1.82, 2.24) is 9.97 Å². The normalized spacial score (nSPS) is 12.6. The maximum Gasteiger partial charge on any atom is 0.160 e. The number of benzene rings is 9. The average Bonchev–Trinajstić information content (AvgIpc) is 3.89. The second-order valence-corrected chi connectivity index (χ2v) is 17.1. The van der Waals surface area contributed by atoms with Gasteiger partial charge in [-0.25, -0.2) is 9.97 Å². The molecule has 0 saturated heterocycles. The van der Waals surface area contributed by atoms with Crippen molar-refractivity contribution in [3.8, 4) is 67.3 Å². The minimum Gasteiger partial charge on any atom is -0.228 e. The summed E-state index contributed by atoms with van der Waals surface area (Å²) in [7, 11) is 0. The van der Waals surface area contributed by atoms with Crippen molar-refractivity contribution < 1.29 is 0 Å². The van der Waals surface area contributed by atoms with Crippen molar-refractivity contribution in [2.45, 2.75) is 5.41 Å². The van der Waals surface area contributed by atoms with Crippen LogP contribution in [0.1, 0.15) is 22.3 Å². The van der Waals surface area contributed by atoms with Crippen molar-refractivity contribution in [3.05, 3.63) is 253 Å². The van der Waals surface area contributed by atoms with Gasteiger partial charge in [0.15, 0.2) is 5.82 Å². The lowest BCUT2D eigenvalue weighted by Gasteiger charge is -2.34. The monoisotopic (exact) mass is 806 g/mol. The van der Waals surface area contributed by atoms with Crippen LogP contribution in [0.2, 0.25) is 0 Å². The molecule has 12 rings (SSSR count). The van der Waals surface area contributed by atoms with Gasteiger partial charge in [0.2, 0.25) is 0 Å². The van der Waals surface area contributed by atoms with Gasteiger partial charge in [-0.15, -0.1) is 11.3 Å². The van der Waals surface area contributed by atoms with Crippen LogP contribution in [0.5, 0.6) is 0 Å². The molecule has 0 fully saturated rings.